The van der Waals surface area contributed by atoms with E-state index in [2.05, 4.69) is 88.0 Å². The van der Waals surface area contributed by atoms with Gasteiger partial charge in [-0.25, -0.2) is 0 Å². The van der Waals surface area contributed by atoms with Gasteiger partial charge in [0.15, 0.2) is 0 Å². The fourth-order valence-electron chi connectivity index (χ4n) is 1.09. The van der Waals surface area contributed by atoms with Crippen LogP contribution in [0.3, 0.4) is 0 Å². The van der Waals surface area contributed by atoms with Crippen LogP contribution in [0, 0.1) is 0 Å². The quantitative estimate of drug-likeness (QED) is 0.544. The number of hydrogen-bond acceptors (Lipinski definition) is 0. The Morgan fingerprint density at radius 1 is 0.786 bits per heavy atom. The van der Waals surface area contributed by atoms with E-state index in [0.29, 0.717) is 9.65 Å². The molecule has 0 aliphatic carbocycles. The second kappa shape index (κ2) is 6.66. The molecule has 0 fully saturated rings. The predicted octanol–water partition coefficient (Wildman–Crippen LogP) is 5.35. The van der Waals surface area contributed by atoms with Gasteiger partial charge in [0.2, 0.25) is 0 Å². The molecule has 0 bridgehead atoms. The highest BCUT2D eigenvalue weighted by Crippen LogP contribution is 2.29. The molecule has 0 aliphatic heterocycles. The van der Waals surface area contributed by atoms with E-state index < -0.39 is 0 Å². The normalized spacial score (nSPS) is 15.1. The molecule has 0 saturated carbocycles. The molecule has 0 radical (unpaired) electrons. The molecule has 0 spiro atoms. The maximum atomic E-state index is 3.60. The summed E-state index contributed by atoms with van der Waals surface area (Å²) in [6, 6.07) is 8.64. The molecule has 0 unspecified atom stereocenters. The summed E-state index contributed by atoms with van der Waals surface area (Å²) in [6.45, 7) is 0. The summed E-state index contributed by atoms with van der Waals surface area (Å²) in [5, 5.41) is 1.87. The zero-order chi connectivity index (χ0) is 10.6. The van der Waals surface area contributed by atoms with Crippen molar-refractivity contribution in [3.05, 3.63) is 35.4 Å². The Kier molecular flexibility index (Phi) is 6.29. The molecular weight excluding hydrogens is 440 g/mol. The van der Waals surface area contributed by atoms with Crippen molar-refractivity contribution in [2.75, 3.05) is 10.7 Å². The largest absolute Gasteiger partial charge is 0.0912 e. The molecule has 1 aromatic carbocycles. The molecule has 0 amide bonds. The van der Waals surface area contributed by atoms with E-state index in [-0.39, 0.29) is 0 Å². The van der Waals surface area contributed by atoms with Gasteiger partial charge in [-0.15, -0.1) is 0 Å². The minimum absolute atomic E-state index is 0.397. The van der Waals surface area contributed by atoms with E-state index in [0.717, 1.165) is 10.7 Å². The van der Waals surface area contributed by atoms with Crippen molar-refractivity contribution >= 4 is 63.7 Å². The second-order valence-electron chi connectivity index (χ2n) is 2.91. The lowest BCUT2D eigenvalue weighted by Gasteiger charge is -2.09. The Morgan fingerprint density at radius 3 is 1.29 bits per heavy atom. The number of alkyl halides is 4. The minimum atomic E-state index is 0.397. The number of hydrogen-bond donors (Lipinski definition) is 0. The van der Waals surface area contributed by atoms with Crippen molar-refractivity contribution in [3.63, 3.8) is 0 Å². The molecular formula is C10H10Br4. The van der Waals surface area contributed by atoms with Gasteiger partial charge in [0.1, 0.15) is 0 Å². The molecule has 78 valence electrons. The van der Waals surface area contributed by atoms with E-state index in [1.54, 1.807) is 0 Å². The van der Waals surface area contributed by atoms with Crippen LogP contribution < -0.4 is 0 Å². The third kappa shape index (κ3) is 3.62. The molecule has 2 atom stereocenters. The van der Waals surface area contributed by atoms with Crippen molar-refractivity contribution in [3.8, 4) is 0 Å². The zero-order valence-electron chi connectivity index (χ0n) is 7.39. The zero-order valence-corrected chi connectivity index (χ0v) is 13.7. The van der Waals surface area contributed by atoms with Gasteiger partial charge in [-0.3, -0.25) is 0 Å². The van der Waals surface area contributed by atoms with Crippen molar-refractivity contribution in [1.82, 2.24) is 0 Å². The average Bonchev–Trinajstić information content (AvgIpc) is 2.27. The molecule has 0 nitrogen and oxygen atoms in total. The van der Waals surface area contributed by atoms with Gasteiger partial charge < -0.3 is 0 Å². The van der Waals surface area contributed by atoms with Crippen LogP contribution in [0.1, 0.15) is 20.8 Å². The summed E-state index contributed by atoms with van der Waals surface area (Å²) in [7, 11) is 0. The molecule has 1 aromatic rings. The molecule has 0 N–H and O–H groups in total. The van der Waals surface area contributed by atoms with Crippen molar-refractivity contribution in [2.45, 2.75) is 9.65 Å². The van der Waals surface area contributed by atoms with E-state index >= 15 is 0 Å². The van der Waals surface area contributed by atoms with Crippen LogP contribution in [0.5, 0.6) is 0 Å². The van der Waals surface area contributed by atoms with Gasteiger partial charge in [0.05, 0.1) is 0 Å². The Morgan fingerprint density at radius 2 is 1.07 bits per heavy atom. The summed E-state index contributed by atoms with van der Waals surface area (Å²) in [5.41, 5.74) is 2.61. The fourth-order valence-corrected chi connectivity index (χ4v) is 2.45. The summed E-state index contributed by atoms with van der Waals surface area (Å²) >= 11 is 14.1. The van der Waals surface area contributed by atoms with Gasteiger partial charge in [0.25, 0.3) is 0 Å². The van der Waals surface area contributed by atoms with E-state index in [1.807, 2.05) is 0 Å². The minimum Gasteiger partial charge on any atom is -0.0912 e. The first kappa shape index (κ1) is 13.2. The molecule has 1 rings (SSSR count). The topological polar surface area (TPSA) is 0 Å². The molecule has 0 heterocycles. The molecule has 0 saturated heterocycles. The predicted molar refractivity (Wildman–Crippen MR) is 77.4 cm³/mol. The maximum absolute atomic E-state index is 3.60. The average molecular weight is 450 g/mol. The van der Waals surface area contributed by atoms with Crippen LogP contribution >= 0.6 is 63.7 Å². The van der Waals surface area contributed by atoms with Gasteiger partial charge in [-0.1, -0.05) is 88.0 Å². The molecule has 0 aliphatic rings. The third-order valence-electron chi connectivity index (χ3n) is 1.93. The Labute approximate surface area is 118 Å². The smallest absolute Gasteiger partial charge is 0.0492 e. The standard InChI is InChI=1S/C10H10Br4/c11-5-9(13)7-1-2-8(4-3-7)10(14)6-12/h1-4,9-10H,5-6H2/t9-,10+. The summed E-state index contributed by atoms with van der Waals surface area (Å²) in [6.07, 6.45) is 0. The summed E-state index contributed by atoms with van der Waals surface area (Å²) in [4.78, 5) is 0.795. The lowest BCUT2D eigenvalue weighted by Crippen LogP contribution is -1.94. The highest BCUT2D eigenvalue weighted by molar-refractivity contribution is 9.12. The third-order valence-corrected chi connectivity index (χ3v) is 6.67. The van der Waals surface area contributed by atoms with Crippen LogP contribution in [0.25, 0.3) is 0 Å². The first-order chi connectivity index (χ1) is 6.69. The monoisotopic (exact) mass is 446 g/mol. The van der Waals surface area contributed by atoms with Crippen LogP contribution in [0.15, 0.2) is 24.3 Å². The van der Waals surface area contributed by atoms with E-state index in [1.165, 1.54) is 11.1 Å². The van der Waals surface area contributed by atoms with Crippen molar-refractivity contribution in [2.24, 2.45) is 0 Å². The SMILES string of the molecule is BrC[C@@H](Br)c1ccc([C@@H](Br)CBr)cc1. The van der Waals surface area contributed by atoms with Crippen molar-refractivity contribution in [1.29, 1.82) is 0 Å². The van der Waals surface area contributed by atoms with Crippen LogP contribution in [-0.4, -0.2) is 10.7 Å². The highest BCUT2D eigenvalue weighted by atomic mass is 79.9. The lowest BCUT2D eigenvalue weighted by atomic mass is 10.1. The number of halogens is 4. The molecule has 4 heteroatoms. The van der Waals surface area contributed by atoms with E-state index in [9.17, 15) is 0 Å². The molecule has 0 aromatic heterocycles. The maximum Gasteiger partial charge on any atom is 0.0492 e. The first-order valence-electron chi connectivity index (χ1n) is 4.19. The Hall–Kier alpha value is 1.14. The summed E-state index contributed by atoms with van der Waals surface area (Å²) < 4.78 is 0. The lowest BCUT2D eigenvalue weighted by molar-refractivity contribution is 1.11. The first-order valence-corrected chi connectivity index (χ1v) is 8.26. The summed E-state index contributed by atoms with van der Waals surface area (Å²) in [5.74, 6) is 0. The number of benzene rings is 1. The Balaban J connectivity index is 2.78. The van der Waals surface area contributed by atoms with Gasteiger partial charge in [-0.2, -0.15) is 0 Å². The van der Waals surface area contributed by atoms with Crippen LogP contribution in [-0.2, 0) is 0 Å². The number of rotatable bonds is 4. The van der Waals surface area contributed by atoms with E-state index in [4.69, 9.17) is 0 Å². The highest BCUT2D eigenvalue weighted by Gasteiger charge is 2.08. The van der Waals surface area contributed by atoms with Crippen LogP contribution in [0.4, 0.5) is 0 Å². The van der Waals surface area contributed by atoms with Crippen LogP contribution in [0.2, 0.25) is 0 Å². The second-order valence-corrected chi connectivity index (χ2v) is 6.42. The van der Waals surface area contributed by atoms with Gasteiger partial charge in [0, 0.05) is 20.3 Å². The fraction of sp³-hybridized carbons (Fsp3) is 0.400. The van der Waals surface area contributed by atoms with Gasteiger partial charge in [-0.05, 0) is 11.1 Å². The Bertz CT molecular complexity index is 241. The van der Waals surface area contributed by atoms with Crippen molar-refractivity contribution < 1.29 is 0 Å². The molecule has 14 heavy (non-hydrogen) atoms. The van der Waals surface area contributed by atoms with Gasteiger partial charge >= 0.3 is 0 Å².